The maximum atomic E-state index is 12.5. The van der Waals surface area contributed by atoms with Gasteiger partial charge in [0.05, 0.1) is 33.6 Å². The lowest BCUT2D eigenvalue weighted by Crippen LogP contribution is -2.35. The molecule has 2 N–H and O–H groups in total. The lowest BCUT2D eigenvalue weighted by Gasteiger charge is -2.14. The van der Waals surface area contributed by atoms with Crippen molar-refractivity contribution in [3.05, 3.63) is 53.6 Å². The molecule has 0 aliphatic carbocycles. The monoisotopic (exact) mass is 427 g/mol. The minimum absolute atomic E-state index is 0.227. The standard InChI is InChI=1S/C23H29N3O5/c1-5-6-12-18(16-10-8-7-9-11-16)25-26-21(27)15-24-23(28)17-13-19(29-2)22(31-4)20(14-17)30-3/h7-11,13-14H,5-6,12,15H2,1-4H3,(H,24,28)(H,26,27)/b25-18+. The summed E-state index contributed by atoms with van der Waals surface area (Å²) < 4.78 is 15.8. The number of methoxy groups -OCH3 is 3. The van der Waals surface area contributed by atoms with Crippen molar-refractivity contribution in [1.82, 2.24) is 10.7 Å². The number of hydrogen-bond acceptors (Lipinski definition) is 6. The molecule has 0 aliphatic heterocycles. The predicted octanol–water partition coefficient (Wildman–Crippen LogP) is 3.15. The average Bonchev–Trinajstić information content (AvgIpc) is 2.81. The molecule has 0 aromatic heterocycles. The number of ether oxygens (including phenoxy) is 3. The van der Waals surface area contributed by atoms with E-state index in [0.29, 0.717) is 17.2 Å². The molecule has 8 nitrogen and oxygen atoms in total. The topological polar surface area (TPSA) is 98.3 Å². The number of unbranched alkanes of at least 4 members (excludes halogenated alkanes) is 1. The number of hydrazone groups is 1. The second-order valence-electron chi connectivity index (χ2n) is 6.66. The normalized spacial score (nSPS) is 10.9. The first kappa shape index (κ1) is 23.7. The SMILES string of the molecule is CCCC/C(=N\NC(=O)CNC(=O)c1cc(OC)c(OC)c(OC)c1)c1ccccc1. The van der Waals surface area contributed by atoms with Gasteiger partial charge in [-0.1, -0.05) is 43.7 Å². The zero-order valence-corrected chi connectivity index (χ0v) is 18.4. The summed E-state index contributed by atoms with van der Waals surface area (Å²) in [6.07, 6.45) is 2.73. The summed E-state index contributed by atoms with van der Waals surface area (Å²) in [5.74, 6) is 0.210. The van der Waals surface area contributed by atoms with Gasteiger partial charge in [-0.2, -0.15) is 5.10 Å². The lowest BCUT2D eigenvalue weighted by molar-refractivity contribution is -0.120. The van der Waals surface area contributed by atoms with Crippen molar-refractivity contribution >= 4 is 17.5 Å². The molecule has 0 spiro atoms. The van der Waals surface area contributed by atoms with Crippen LogP contribution in [-0.4, -0.2) is 45.4 Å². The Kier molecular flexibility index (Phi) is 9.35. The van der Waals surface area contributed by atoms with Crippen LogP contribution in [0.2, 0.25) is 0 Å². The average molecular weight is 428 g/mol. The van der Waals surface area contributed by atoms with E-state index >= 15 is 0 Å². The Morgan fingerprint density at radius 3 is 2.13 bits per heavy atom. The largest absolute Gasteiger partial charge is 0.493 e. The molecule has 166 valence electrons. The van der Waals surface area contributed by atoms with Crippen LogP contribution in [0.5, 0.6) is 17.2 Å². The fraction of sp³-hybridized carbons (Fsp3) is 0.348. The van der Waals surface area contributed by atoms with Gasteiger partial charge in [0.15, 0.2) is 11.5 Å². The summed E-state index contributed by atoms with van der Waals surface area (Å²) in [4.78, 5) is 24.7. The second-order valence-corrected chi connectivity index (χ2v) is 6.66. The molecule has 2 amide bonds. The molecular formula is C23H29N3O5. The Balaban J connectivity index is 2.03. The molecule has 0 heterocycles. The Hall–Kier alpha value is -3.55. The van der Waals surface area contributed by atoms with Crippen LogP contribution in [0.3, 0.4) is 0 Å². The Bertz CT molecular complexity index is 888. The van der Waals surface area contributed by atoms with Crippen molar-refractivity contribution in [3.63, 3.8) is 0 Å². The van der Waals surface area contributed by atoms with Gasteiger partial charge in [0.25, 0.3) is 11.8 Å². The van der Waals surface area contributed by atoms with Gasteiger partial charge in [0.1, 0.15) is 0 Å². The molecule has 2 aromatic rings. The van der Waals surface area contributed by atoms with Crippen molar-refractivity contribution in [2.45, 2.75) is 26.2 Å². The maximum Gasteiger partial charge on any atom is 0.259 e. The first-order chi connectivity index (χ1) is 15.0. The summed E-state index contributed by atoms with van der Waals surface area (Å²) in [6, 6.07) is 12.7. The minimum Gasteiger partial charge on any atom is -0.493 e. The van der Waals surface area contributed by atoms with Crippen molar-refractivity contribution in [3.8, 4) is 17.2 Å². The van der Waals surface area contributed by atoms with E-state index in [0.717, 1.165) is 30.5 Å². The van der Waals surface area contributed by atoms with Gasteiger partial charge in [-0.05, 0) is 30.5 Å². The van der Waals surface area contributed by atoms with Crippen LogP contribution in [0.4, 0.5) is 0 Å². The molecule has 0 aliphatic rings. The highest BCUT2D eigenvalue weighted by molar-refractivity contribution is 6.01. The number of carbonyl (C=O) groups excluding carboxylic acids is 2. The third-order valence-corrected chi connectivity index (χ3v) is 4.53. The van der Waals surface area contributed by atoms with E-state index in [2.05, 4.69) is 22.8 Å². The van der Waals surface area contributed by atoms with Crippen LogP contribution < -0.4 is 25.0 Å². The van der Waals surface area contributed by atoms with Crippen molar-refractivity contribution in [2.24, 2.45) is 5.10 Å². The zero-order chi connectivity index (χ0) is 22.6. The number of amides is 2. The summed E-state index contributed by atoms with van der Waals surface area (Å²) in [7, 11) is 4.41. The molecule has 0 bridgehead atoms. The van der Waals surface area contributed by atoms with E-state index in [1.165, 1.54) is 33.5 Å². The summed E-state index contributed by atoms with van der Waals surface area (Å²) in [6.45, 7) is 1.87. The van der Waals surface area contributed by atoms with Gasteiger partial charge in [0.2, 0.25) is 5.75 Å². The molecule has 2 rings (SSSR count). The molecule has 31 heavy (non-hydrogen) atoms. The first-order valence-corrected chi connectivity index (χ1v) is 10.0. The number of nitrogens with one attached hydrogen (secondary N) is 2. The van der Waals surface area contributed by atoms with E-state index in [-0.39, 0.29) is 12.1 Å². The molecular weight excluding hydrogens is 398 g/mol. The van der Waals surface area contributed by atoms with Gasteiger partial charge >= 0.3 is 0 Å². The Morgan fingerprint density at radius 1 is 0.935 bits per heavy atom. The highest BCUT2D eigenvalue weighted by Crippen LogP contribution is 2.38. The van der Waals surface area contributed by atoms with Crippen LogP contribution in [0.15, 0.2) is 47.6 Å². The van der Waals surface area contributed by atoms with E-state index in [9.17, 15) is 9.59 Å². The van der Waals surface area contributed by atoms with Gasteiger partial charge in [-0.25, -0.2) is 5.43 Å². The van der Waals surface area contributed by atoms with Crippen LogP contribution in [0.1, 0.15) is 42.1 Å². The second kappa shape index (κ2) is 12.2. The Morgan fingerprint density at radius 2 is 1.58 bits per heavy atom. The van der Waals surface area contributed by atoms with Crippen LogP contribution in [0.25, 0.3) is 0 Å². The number of nitrogens with zero attached hydrogens (tertiary/aromatic N) is 1. The van der Waals surface area contributed by atoms with E-state index in [4.69, 9.17) is 14.2 Å². The molecule has 0 saturated heterocycles. The van der Waals surface area contributed by atoms with Crippen molar-refractivity contribution < 1.29 is 23.8 Å². The van der Waals surface area contributed by atoms with Crippen LogP contribution in [0, 0.1) is 0 Å². The summed E-state index contributed by atoms with van der Waals surface area (Å²) >= 11 is 0. The highest BCUT2D eigenvalue weighted by atomic mass is 16.5. The van der Waals surface area contributed by atoms with Crippen LogP contribution >= 0.6 is 0 Å². The third kappa shape index (κ3) is 6.74. The quantitative estimate of drug-likeness (QED) is 0.424. The molecule has 0 saturated carbocycles. The minimum atomic E-state index is -0.451. The van der Waals surface area contributed by atoms with Crippen molar-refractivity contribution in [1.29, 1.82) is 0 Å². The lowest BCUT2D eigenvalue weighted by atomic mass is 10.1. The first-order valence-electron chi connectivity index (χ1n) is 10.0. The molecule has 8 heteroatoms. The third-order valence-electron chi connectivity index (χ3n) is 4.53. The zero-order valence-electron chi connectivity index (χ0n) is 18.4. The molecule has 2 aromatic carbocycles. The summed E-state index contributed by atoms with van der Waals surface area (Å²) in [5, 5.41) is 6.84. The molecule has 0 fully saturated rings. The van der Waals surface area contributed by atoms with E-state index in [1.54, 1.807) is 0 Å². The fourth-order valence-corrected chi connectivity index (χ4v) is 2.88. The smallest absolute Gasteiger partial charge is 0.259 e. The number of rotatable bonds is 11. The maximum absolute atomic E-state index is 12.5. The van der Waals surface area contributed by atoms with Crippen LogP contribution in [-0.2, 0) is 4.79 Å². The number of benzene rings is 2. The van der Waals surface area contributed by atoms with E-state index < -0.39 is 11.8 Å². The van der Waals surface area contributed by atoms with E-state index in [1.807, 2.05) is 30.3 Å². The molecule has 0 atom stereocenters. The highest BCUT2D eigenvalue weighted by Gasteiger charge is 2.17. The predicted molar refractivity (Wildman–Crippen MR) is 119 cm³/mol. The van der Waals surface area contributed by atoms with Gasteiger partial charge in [-0.3, -0.25) is 9.59 Å². The van der Waals surface area contributed by atoms with Gasteiger partial charge in [0, 0.05) is 5.56 Å². The Labute approximate surface area is 182 Å². The number of carbonyl (C=O) groups is 2. The van der Waals surface area contributed by atoms with Gasteiger partial charge in [-0.15, -0.1) is 0 Å². The molecule has 0 radical (unpaired) electrons. The van der Waals surface area contributed by atoms with Gasteiger partial charge < -0.3 is 19.5 Å². The van der Waals surface area contributed by atoms with Crippen molar-refractivity contribution in [2.75, 3.05) is 27.9 Å². The molecule has 0 unspecified atom stereocenters. The summed E-state index contributed by atoms with van der Waals surface area (Å²) in [5.41, 5.74) is 4.56. The number of hydrogen-bond donors (Lipinski definition) is 2. The fourth-order valence-electron chi connectivity index (χ4n) is 2.88.